The molecule has 0 aliphatic rings. The third-order valence-corrected chi connectivity index (χ3v) is 7.53. The smallest absolute Gasteiger partial charge is 0.171 e. The number of hydrogen-bond donors (Lipinski definition) is 0. The van der Waals surface area contributed by atoms with Gasteiger partial charge >= 0.3 is 0 Å². The Bertz CT molecular complexity index is 848. The van der Waals surface area contributed by atoms with Crippen molar-refractivity contribution in [3.63, 3.8) is 0 Å². The summed E-state index contributed by atoms with van der Waals surface area (Å²) in [4.78, 5) is 0. The van der Waals surface area contributed by atoms with Gasteiger partial charge in [-0.3, -0.25) is 0 Å². The van der Waals surface area contributed by atoms with E-state index < -0.39 is 7.14 Å². The maximum absolute atomic E-state index is 14.4. The molecule has 4 heteroatoms. The Hall–Kier alpha value is -2.35. The molecule has 3 aromatic rings. The van der Waals surface area contributed by atoms with Crippen LogP contribution in [0, 0.1) is 6.92 Å². The van der Waals surface area contributed by atoms with Crippen molar-refractivity contribution in [1.82, 2.24) is 0 Å². The number of ether oxygens (including phenoxy) is 2. The van der Waals surface area contributed by atoms with Crippen molar-refractivity contribution in [2.45, 2.75) is 6.92 Å². The Balaban J connectivity index is 2.14. The van der Waals surface area contributed by atoms with Crippen LogP contribution in [0.25, 0.3) is 0 Å². The molecular formula is C22H23O3P. The first kappa shape index (κ1) is 18.4. The van der Waals surface area contributed by atoms with Crippen LogP contribution >= 0.6 is 7.14 Å². The molecule has 0 spiro atoms. The monoisotopic (exact) mass is 366 g/mol. The zero-order valence-corrected chi connectivity index (χ0v) is 16.0. The molecule has 3 nitrogen and oxygen atoms in total. The number of rotatable bonds is 7. The topological polar surface area (TPSA) is 35.5 Å². The summed E-state index contributed by atoms with van der Waals surface area (Å²) in [6, 6.07) is 25.1. The number of methoxy groups -OCH3 is 1. The highest BCUT2D eigenvalue weighted by atomic mass is 31.2. The molecule has 0 N–H and O–H groups in total. The minimum atomic E-state index is -2.99. The summed E-state index contributed by atoms with van der Waals surface area (Å²) in [6.45, 7) is 2.96. The number of hydrogen-bond acceptors (Lipinski definition) is 3. The van der Waals surface area contributed by atoms with Gasteiger partial charge in [0.1, 0.15) is 12.4 Å². The Morgan fingerprint density at radius 2 is 1.38 bits per heavy atom. The molecule has 0 atom stereocenters. The average molecular weight is 366 g/mol. The largest absolute Gasteiger partial charge is 0.491 e. The summed E-state index contributed by atoms with van der Waals surface area (Å²) < 4.78 is 25.2. The summed E-state index contributed by atoms with van der Waals surface area (Å²) in [5, 5.41) is 2.46. The molecule has 0 unspecified atom stereocenters. The van der Waals surface area contributed by atoms with Crippen molar-refractivity contribution in [1.29, 1.82) is 0 Å². The van der Waals surface area contributed by atoms with E-state index in [1.807, 2.05) is 85.8 Å². The van der Waals surface area contributed by atoms with E-state index in [2.05, 4.69) is 0 Å². The fourth-order valence-corrected chi connectivity index (χ4v) is 5.88. The minimum absolute atomic E-state index is 0.458. The second-order valence-corrected chi connectivity index (χ2v) is 8.80. The van der Waals surface area contributed by atoms with Gasteiger partial charge < -0.3 is 14.0 Å². The number of benzene rings is 3. The Kier molecular flexibility index (Phi) is 5.92. The van der Waals surface area contributed by atoms with E-state index >= 15 is 0 Å². The third-order valence-electron chi connectivity index (χ3n) is 4.32. The third kappa shape index (κ3) is 3.75. The van der Waals surface area contributed by atoms with Crippen LogP contribution in [0.15, 0.2) is 78.9 Å². The van der Waals surface area contributed by atoms with Gasteiger partial charge in [0.25, 0.3) is 0 Å². The maximum atomic E-state index is 14.4. The Morgan fingerprint density at radius 1 is 0.808 bits per heavy atom. The van der Waals surface area contributed by atoms with Crippen molar-refractivity contribution in [2.24, 2.45) is 0 Å². The first-order valence-electron chi connectivity index (χ1n) is 8.60. The average Bonchev–Trinajstić information content (AvgIpc) is 2.70. The molecule has 0 aromatic heterocycles. The van der Waals surface area contributed by atoms with Crippen molar-refractivity contribution >= 4 is 23.1 Å². The van der Waals surface area contributed by atoms with E-state index in [4.69, 9.17) is 9.47 Å². The van der Waals surface area contributed by atoms with Crippen LogP contribution in [0.2, 0.25) is 0 Å². The first-order valence-corrected chi connectivity index (χ1v) is 10.3. The molecule has 134 valence electrons. The summed E-state index contributed by atoms with van der Waals surface area (Å²) in [7, 11) is -1.35. The van der Waals surface area contributed by atoms with Crippen LogP contribution in [-0.2, 0) is 9.30 Å². The van der Waals surface area contributed by atoms with E-state index in [1.54, 1.807) is 7.11 Å². The van der Waals surface area contributed by atoms with Gasteiger partial charge in [-0.2, -0.15) is 0 Å². The second-order valence-electron chi connectivity index (χ2n) is 6.07. The molecule has 0 fully saturated rings. The SMILES string of the molecule is COCCOc1ccc(C)c(P(=O)(c2ccccc2)c2ccccc2)c1. The fraction of sp³-hybridized carbons (Fsp3) is 0.182. The summed E-state index contributed by atoms with van der Waals surface area (Å²) in [6.07, 6.45) is 0. The molecule has 26 heavy (non-hydrogen) atoms. The van der Waals surface area contributed by atoms with Gasteiger partial charge in [0, 0.05) is 23.0 Å². The summed E-state index contributed by atoms with van der Waals surface area (Å²) >= 11 is 0. The minimum Gasteiger partial charge on any atom is -0.491 e. The molecular weight excluding hydrogens is 343 g/mol. The normalized spacial score (nSPS) is 11.3. The molecule has 0 radical (unpaired) electrons. The molecule has 3 rings (SSSR count). The zero-order chi connectivity index (χ0) is 18.4. The van der Waals surface area contributed by atoms with Crippen LogP contribution in [0.3, 0.4) is 0 Å². The van der Waals surface area contributed by atoms with E-state index in [-0.39, 0.29) is 0 Å². The highest BCUT2D eigenvalue weighted by molar-refractivity contribution is 7.85. The van der Waals surface area contributed by atoms with Crippen molar-refractivity contribution in [3.05, 3.63) is 84.4 Å². The fourth-order valence-electron chi connectivity index (χ4n) is 2.96. The van der Waals surface area contributed by atoms with Gasteiger partial charge in [0.05, 0.1) is 6.61 Å². The van der Waals surface area contributed by atoms with Gasteiger partial charge in [-0.15, -0.1) is 0 Å². The summed E-state index contributed by atoms with van der Waals surface area (Å²) in [5.41, 5.74) is 0.986. The van der Waals surface area contributed by atoms with E-state index in [1.165, 1.54) is 0 Å². The van der Waals surface area contributed by atoms with Crippen LogP contribution in [0.5, 0.6) is 5.75 Å². The highest BCUT2D eigenvalue weighted by Gasteiger charge is 2.31. The highest BCUT2D eigenvalue weighted by Crippen LogP contribution is 2.43. The van der Waals surface area contributed by atoms with E-state index in [9.17, 15) is 4.57 Å². The van der Waals surface area contributed by atoms with E-state index in [0.717, 1.165) is 21.5 Å². The second kappa shape index (κ2) is 8.35. The molecule has 0 saturated heterocycles. The lowest BCUT2D eigenvalue weighted by Gasteiger charge is -2.22. The molecule has 3 aromatic carbocycles. The lowest BCUT2D eigenvalue weighted by Crippen LogP contribution is -2.26. The molecule has 0 aliphatic heterocycles. The molecule has 0 amide bonds. The predicted molar refractivity (Wildman–Crippen MR) is 108 cm³/mol. The predicted octanol–water partition coefficient (Wildman–Crippen LogP) is 3.66. The lowest BCUT2D eigenvalue weighted by molar-refractivity contribution is 0.146. The maximum Gasteiger partial charge on any atom is 0.171 e. The van der Waals surface area contributed by atoms with Crippen molar-refractivity contribution < 1.29 is 14.0 Å². The first-order chi connectivity index (χ1) is 12.7. The van der Waals surface area contributed by atoms with Gasteiger partial charge in [-0.05, 0) is 24.6 Å². The standard InChI is InChI=1S/C22H23O3P/c1-18-13-14-19(25-16-15-24-2)17-22(18)26(23,20-9-5-3-6-10-20)21-11-7-4-8-12-21/h3-14,17H,15-16H2,1-2H3. The Morgan fingerprint density at radius 3 is 1.92 bits per heavy atom. The Labute approximate surface area is 155 Å². The molecule has 0 aliphatic carbocycles. The van der Waals surface area contributed by atoms with Crippen molar-refractivity contribution in [2.75, 3.05) is 20.3 Å². The van der Waals surface area contributed by atoms with E-state index in [0.29, 0.717) is 19.0 Å². The van der Waals surface area contributed by atoms with Crippen LogP contribution in [-0.4, -0.2) is 20.3 Å². The van der Waals surface area contributed by atoms with Crippen molar-refractivity contribution in [3.8, 4) is 5.75 Å². The zero-order valence-electron chi connectivity index (χ0n) is 15.1. The van der Waals surface area contributed by atoms with Gasteiger partial charge in [0.2, 0.25) is 0 Å². The van der Waals surface area contributed by atoms with Crippen LogP contribution in [0.1, 0.15) is 5.56 Å². The molecule has 0 bridgehead atoms. The molecule has 0 heterocycles. The quantitative estimate of drug-likeness (QED) is 0.473. The van der Waals surface area contributed by atoms with Crippen LogP contribution in [0.4, 0.5) is 0 Å². The molecule has 0 saturated carbocycles. The van der Waals surface area contributed by atoms with Gasteiger partial charge in [-0.1, -0.05) is 66.7 Å². The van der Waals surface area contributed by atoms with Gasteiger partial charge in [0.15, 0.2) is 7.14 Å². The summed E-state index contributed by atoms with van der Waals surface area (Å²) in [5.74, 6) is 0.703. The lowest BCUT2D eigenvalue weighted by atomic mass is 10.2. The van der Waals surface area contributed by atoms with Crippen LogP contribution < -0.4 is 20.7 Å². The number of aryl methyl sites for hydroxylation is 1. The van der Waals surface area contributed by atoms with Gasteiger partial charge in [-0.25, -0.2) is 0 Å².